The number of carbonyl (C=O) groups excluding carboxylic acids is 1. The molecule has 104 valence electrons. The van der Waals surface area contributed by atoms with Crippen LogP contribution in [-0.4, -0.2) is 25.2 Å². The Kier molecular flexibility index (Phi) is 3.27. The number of benzene rings is 1. The van der Waals surface area contributed by atoms with E-state index in [0.29, 0.717) is 4.31 Å². The van der Waals surface area contributed by atoms with Gasteiger partial charge in [-0.2, -0.15) is 25.9 Å². The second kappa shape index (κ2) is 4.49. The number of amides is 1. The minimum absolute atomic E-state index is 0.199. The van der Waals surface area contributed by atoms with E-state index in [2.05, 4.69) is 0 Å². The van der Waals surface area contributed by atoms with Crippen molar-refractivity contribution in [2.45, 2.75) is 12.7 Å². The fourth-order valence-electron chi connectivity index (χ4n) is 1.75. The first kappa shape index (κ1) is 13.8. The molecular weight excluding hydrogens is 285 g/mol. The zero-order valence-electron chi connectivity index (χ0n) is 9.44. The van der Waals surface area contributed by atoms with Gasteiger partial charge in [-0.3, -0.25) is 4.79 Å². The van der Waals surface area contributed by atoms with Gasteiger partial charge >= 0.3 is 16.4 Å². The SMILES string of the molecule is O=C1CN(Cc2ccccc2C(F)(F)F)S(=O)(=O)N1. The maximum Gasteiger partial charge on any atom is 0.416 e. The number of hydrogen-bond donors (Lipinski definition) is 1. The van der Waals surface area contributed by atoms with Crippen molar-refractivity contribution in [1.29, 1.82) is 0 Å². The lowest BCUT2D eigenvalue weighted by Crippen LogP contribution is -2.30. The molecule has 1 aliphatic heterocycles. The van der Waals surface area contributed by atoms with Crippen LogP contribution in [0.25, 0.3) is 0 Å². The average molecular weight is 294 g/mol. The molecule has 19 heavy (non-hydrogen) atoms. The largest absolute Gasteiger partial charge is 0.416 e. The summed E-state index contributed by atoms with van der Waals surface area (Å²) in [5.74, 6) is -0.760. The molecule has 0 aliphatic carbocycles. The van der Waals surface area contributed by atoms with Crippen LogP contribution in [0.4, 0.5) is 13.2 Å². The Labute approximate surface area is 107 Å². The number of rotatable bonds is 2. The normalized spacial score (nSPS) is 19.4. The van der Waals surface area contributed by atoms with Gasteiger partial charge in [0, 0.05) is 6.54 Å². The molecule has 0 unspecified atom stereocenters. The number of carbonyl (C=O) groups is 1. The minimum Gasteiger partial charge on any atom is -0.272 e. The summed E-state index contributed by atoms with van der Waals surface area (Å²) in [6.07, 6.45) is -4.57. The maximum atomic E-state index is 12.7. The second-order valence-corrected chi connectivity index (χ2v) is 5.62. The van der Waals surface area contributed by atoms with E-state index >= 15 is 0 Å². The van der Waals surface area contributed by atoms with Crippen LogP contribution in [0.3, 0.4) is 0 Å². The van der Waals surface area contributed by atoms with E-state index in [4.69, 9.17) is 0 Å². The van der Waals surface area contributed by atoms with Crippen molar-refractivity contribution in [2.24, 2.45) is 0 Å². The van der Waals surface area contributed by atoms with Crippen molar-refractivity contribution in [2.75, 3.05) is 6.54 Å². The molecule has 9 heteroatoms. The quantitative estimate of drug-likeness (QED) is 0.880. The van der Waals surface area contributed by atoms with E-state index in [1.807, 2.05) is 0 Å². The van der Waals surface area contributed by atoms with Gasteiger partial charge in [-0.1, -0.05) is 18.2 Å². The molecular formula is C10H9F3N2O3S. The first-order chi connectivity index (χ1) is 8.70. The number of hydrogen-bond acceptors (Lipinski definition) is 3. The highest BCUT2D eigenvalue weighted by Crippen LogP contribution is 2.32. The van der Waals surface area contributed by atoms with Crippen LogP contribution < -0.4 is 4.72 Å². The van der Waals surface area contributed by atoms with Crippen LogP contribution in [-0.2, 0) is 27.7 Å². The molecule has 0 spiro atoms. The van der Waals surface area contributed by atoms with E-state index < -0.39 is 40.9 Å². The molecule has 0 radical (unpaired) electrons. The van der Waals surface area contributed by atoms with Crippen molar-refractivity contribution in [1.82, 2.24) is 9.03 Å². The van der Waals surface area contributed by atoms with Crippen LogP contribution in [0.2, 0.25) is 0 Å². The lowest BCUT2D eigenvalue weighted by Gasteiger charge is -2.16. The maximum absolute atomic E-state index is 12.7. The van der Waals surface area contributed by atoms with Gasteiger partial charge in [0.15, 0.2) is 0 Å². The Bertz CT molecular complexity index is 613. The number of nitrogens with zero attached hydrogens (tertiary/aromatic N) is 1. The minimum atomic E-state index is -4.57. The highest BCUT2D eigenvalue weighted by atomic mass is 32.2. The van der Waals surface area contributed by atoms with E-state index in [-0.39, 0.29) is 5.56 Å². The molecule has 1 aromatic carbocycles. The number of alkyl halides is 3. The van der Waals surface area contributed by atoms with Gasteiger partial charge in [-0.15, -0.1) is 0 Å². The van der Waals surface area contributed by atoms with Gasteiger partial charge in [-0.25, -0.2) is 4.72 Å². The van der Waals surface area contributed by atoms with Crippen LogP contribution in [0.5, 0.6) is 0 Å². The third kappa shape index (κ3) is 2.87. The van der Waals surface area contributed by atoms with Crippen LogP contribution in [0.1, 0.15) is 11.1 Å². The second-order valence-electron chi connectivity index (χ2n) is 3.95. The first-order valence-corrected chi connectivity index (χ1v) is 6.60. The van der Waals surface area contributed by atoms with E-state index in [0.717, 1.165) is 6.07 Å². The van der Waals surface area contributed by atoms with Crippen molar-refractivity contribution in [3.63, 3.8) is 0 Å². The predicted octanol–water partition coefficient (Wildman–Crippen LogP) is 0.882. The summed E-state index contributed by atoms with van der Waals surface area (Å²) < 4.78 is 63.5. The van der Waals surface area contributed by atoms with Crippen molar-refractivity contribution < 1.29 is 26.4 Å². The summed E-state index contributed by atoms with van der Waals surface area (Å²) in [7, 11) is -4.03. The molecule has 1 amide bonds. The summed E-state index contributed by atoms with van der Waals surface area (Å²) in [6, 6.07) is 4.64. The van der Waals surface area contributed by atoms with Crippen molar-refractivity contribution in [3.8, 4) is 0 Å². The molecule has 5 nitrogen and oxygen atoms in total. The third-order valence-corrected chi connectivity index (χ3v) is 4.00. The Balaban J connectivity index is 2.33. The van der Waals surface area contributed by atoms with Crippen LogP contribution in [0, 0.1) is 0 Å². The highest BCUT2D eigenvalue weighted by Gasteiger charge is 2.37. The predicted molar refractivity (Wildman–Crippen MR) is 58.9 cm³/mol. The van der Waals surface area contributed by atoms with E-state index in [1.54, 1.807) is 4.72 Å². The molecule has 2 rings (SSSR count). The van der Waals surface area contributed by atoms with Gasteiger partial charge in [0.1, 0.15) is 0 Å². The Hall–Kier alpha value is -1.61. The molecule has 1 fully saturated rings. The fraction of sp³-hybridized carbons (Fsp3) is 0.300. The lowest BCUT2D eigenvalue weighted by molar-refractivity contribution is -0.138. The molecule has 1 saturated heterocycles. The molecule has 0 bridgehead atoms. The zero-order valence-corrected chi connectivity index (χ0v) is 10.3. The molecule has 1 aliphatic rings. The third-order valence-electron chi connectivity index (χ3n) is 2.57. The smallest absolute Gasteiger partial charge is 0.272 e. The molecule has 0 aromatic heterocycles. The average Bonchev–Trinajstić information content (AvgIpc) is 2.51. The van der Waals surface area contributed by atoms with Gasteiger partial charge in [0.05, 0.1) is 12.1 Å². The molecule has 1 aromatic rings. The Morgan fingerprint density at radius 2 is 1.89 bits per heavy atom. The van der Waals surface area contributed by atoms with Crippen LogP contribution in [0.15, 0.2) is 24.3 Å². The number of nitrogens with one attached hydrogen (secondary N) is 1. The monoisotopic (exact) mass is 294 g/mol. The molecule has 0 saturated carbocycles. The summed E-state index contributed by atoms with van der Waals surface area (Å²) in [5, 5.41) is 0. The Morgan fingerprint density at radius 1 is 1.26 bits per heavy atom. The standard InChI is InChI=1S/C10H9F3N2O3S/c11-10(12,13)8-4-2-1-3-7(8)5-15-6-9(16)14-19(15,17)18/h1-4H,5-6H2,(H,14,16). The summed E-state index contributed by atoms with van der Waals surface area (Å²) >= 11 is 0. The summed E-state index contributed by atoms with van der Waals surface area (Å²) in [5.41, 5.74) is -1.11. The molecule has 0 atom stereocenters. The highest BCUT2D eigenvalue weighted by molar-refractivity contribution is 7.88. The van der Waals surface area contributed by atoms with Crippen LogP contribution >= 0.6 is 0 Å². The van der Waals surface area contributed by atoms with Gasteiger partial charge in [-0.05, 0) is 11.6 Å². The first-order valence-electron chi connectivity index (χ1n) is 5.16. The van der Waals surface area contributed by atoms with E-state index in [9.17, 15) is 26.4 Å². The summed E-state index contributed by atoms with van der Waals surface area (Å²) in [4.78, 5) is 11.0. The van der Waals surface area contributed by atoms with Crippen molar-refractivity contribution in [3.05, 3.63) is 35.4 Å². The van der Waals surface area contributed by atoms with E-state index in [1.165, 1.54) is 18.2 Å². The lowest BCUT2D eigenvalue weighted by atomic mass is 10.1. The Morgan fingerprint density at radius 3 is 2.42 bits per heavy atom. The molecule has 1 N–H and O–H groups in total. The van der Waals surface area contributed by atoms with Gasteiger partial charge in [0.25, 0.3) is 0 Å². The van der Waals surface area contributed by atoms with Crippen molar-refractivity contribution >= 4 is 16.1 Å². The van der Waals surface area contributed by atoms with Gasteiger partial charge < -0.3 is 0 Å². The zero-order chi connectivity index (χ0) is 14.3. The molecule has 1 heterocycles. The summed E-state index contributed by atoms with van der Waals surface area (Å²) in [6.45, 7) is -0.981. The topological polar surface area (TPSA) is 66.5 Å². The van der Waals surface area contributed by atoms with Gasteiger partial charge in [0.2, 0.25) is 5.91 Å². The fourth-order valence-corrected chi connectivity index (χ4v) is 2.83. The number of halogens is 3.